The van der Waals surface area contributed by atoms with Crippen molar-refractivity contribution in [1.82, 2.24) is 29.8 Å². The van der Waals surface area contributed by atoms with E-state index in [0.717, 1.165) is 57.2 Å². The van der Waals surface area contributed by atoms with Gasteiger partial charge in [0.05, 0.1) is 6.54 Å². The van der Waals surface area contributed by atoms with Crippen molar-refractivity contribution in [3.63, 3.8) is 0 Å². The van der Waals surface area contributed by atoms with E-state index in [-0.39, 0.29) is 0 Å². The van der Waals surface area contributed by atoms with Crippen LogP contribution in [-0.4, -0.2) is 42.9 Å². The van der Waals surface area contributed by atoms with E-state index in [0.29, 0.717) is 11.8 Å². The van der Waals surface area contributed by atoms with Crippen molar-refractivity contribution < 1.29 is 4.52 Å². The Balaban J connectivity index is 1.35. The van der Waals surface area contributed by atoms with Crippen LogP contribution >= 0.6 is 0 Å². The summed E-state index contributed by atoms with van der Waals surface area (Å²) >= 11 is 0. The Hall–Kier alpha value is -1.76. The maximum Gasteiger partial charge on any atom is 0.240 e. The minimum atomic E-state index is 0.313. The van der Waals surface area contributed by atoms with Crippen LogP contribution in [0.1, 0.15) is 68.3 Å². The molecule has 7 nitrogen and oxygen atoms in total. The highest BCUT2D eigenvalue weighted by molar-refractivity contribution is 5.07. The molecule has 0 aromatic carbocycles. The first kappa shape index (κ1) is 14.8. The smallest absolute Gasteiger partial charge is 0.240 e. The molecule has 4 rings (SSSR count). The maximum absolute atomic E-state index is 5.36. The zero-order valence-electron chi connectivity index (χ0n) is 13.9. The van der Waals surface area contributed by atoms with Crippen LogP contribution in [0.4, 0.5) is 0 Å². The molecule has 2 aromatic heterocycles. The zero-order chi connectivity index (χ0) is 15.8. The van der Waals surface area contributed by atoms with Gasteiger partial charge in [0.2, 0.25) is 5.89 Å². The highest BCUT2D eigenvalue weighted by Gasteiger charge is 2.28. The van der Waals surface area contributed by atoms with Crippen molar-refractivity contribution in [3.8, 4) is 0 Å². The lowest BCUT2D eigenvalue weighted by Crippen LogP contribution is -2.33. The van der Waals surface area contributed by atoms with Gasteiger partial charge in [-0.3, -0.25) is 4.90 Å². The number of piperidine rings is 1. The van der Waals surface area contributed by atoms with Gasteiger partial charge in [-0.15, -0.1) is 10.2 Å². The monoisotopic (exact) mass is 316 g/mol. The average molecular weight is 316 g/mol. The molecule has 0 unspecified atom stereocenters. The van der Waals surface area contributed by atoms with Crippen molar-refractivity contribution in [2.45, 2.75) is 64.5 Å². The van der Waals surface area contributed by atoms with Gasteiger partial charge in [0.1, 0.15) is 11.6 Å². The van der Waals surface area contributed by atoms with Crippen LogP contribution in [0, 0.1) is 0 Å². The Kier molecular flexibility index (Phi) is 3.88. The Morgan fingerprint density at radius 2 is 2.00 bits per heavy atom. The summed E-state index contributed by atoms with van der Waals surface area (Å²) in [6, 6.07) is 0. The van der Waals surface area contributed by atoms with Gasteiger partial charge in [-0.05, 0) is 32.4 Å². The predicted octanol–water partition coefficient (Wildman–Crippen LogP) is 2.11. The van der Waals surface area contributed by atoms with Gasteiger partial charge in [0.15, 0.2) is 5.82 Å². The van der Waals surface area contributed by atoms with Gasteiger partial charge >= 0.3 is 0 Å². The zero-order valence-corrected chi connectivity index (χ0v) is 13.9. The molecule has 0 saturated carbocycles. The molecule has 0 atom stereocenters. The first-order valence-corrected chi connectivity index (χ1v) is 8.67. The predicted molar refractivity (Wildman–Crippen MR) is 84.0 cm³/mol. The van der Waals surface area contributed by atoms with E-state index in [1.54, 1.807) is 0 Å². The Morgan fingerprint density at radius 1 is 1.17 bits per heavy atom. The minimum Gasteiger partial charge on any atom is -0.338 e. The van der Waals surface area contributed by atoms with Crippen molar-refractivity contribution in [3.05, 3.63) is 23.4 Å². The molecule has 23 heavy (non-hydrogen) atoms. The molecule has 0 amide bonds. The molecule has 7 heteroatoms. The van der Waals surface area contributed by atoms with Gasteiger partial charge < -0.3 is 9.09 Å². The molecule has 124 valence electrons. The van der Waals surface area contributed by atoms with Crippen molar-refractivity contribution in [1.29, 1.82) is 0 Å². The van der Waals surface area contributed by atoms with Crippen molar-refractivity contribution in [2.75, 3.05) is 13.1 Å². The number of aromatic nitrogens is 5. The van der Waals surface area contributed by atoms with E-state index in [9.17, 15) is 0 Å². The number of nitrogens with zero attached hydrogens (tertiary/aromatic N) is 6. The van der Waals surface area contributed by atoms with Gasteiger partial charge in [0.25, 0.3) is 0 Å². The standard InChI is InChI=1S/C16H24N6O/c1-11(2)15-17-14(23-20-15)10-21-8-5-12(6-9-21)16-19-18-13-4-3-7-22(13)16/h11-12H,3-10H2,1-2H3. The first-order valence-electron chi connectivity index (χ1n) is 8.67. The third-order valence-electron chi connectivity index (χ3n) is 4.95. The van der Waals surface area contributed by atoms with E-state index < -0.39 is 0 Å². The number of hydrogen-bond donors (Lipinski definition) is 0. The quantitative estimate of drug-likeness (QED) is 0.860. The summed E-state index contributed by atoms with van der Waals surface area (Å²) in [6.07, 6.45) is 4.56. The second kappa shape index (κ2) is 6.03. The molecule has 0 aliphatic carbocycles. The SMILES string of the molecule is CC(C)c1noc(CN2CCC(c3nnc4n3CCC4)CC2)n1. The molecule has 2 aromatic rings. The first-order chi connectivity index (χ1) is 11.2. The lowest BCUT2D eigenvalue weighted by molar-refractivity contribution is 0.177. The van der Waals surface area contributed by atoms with Crippen LogP contribution in [-0.2, 0) is 19.5 Å². The van der Waals surface area contributed by atoms with E-state index in [4.69, 9.17) is 4.52 Å². The van der Waals surface area contributed by atoms with Gasteiger partial charge in [-0.2, -0.15) is 4.98 Å². The van der Waals surface area contributed by atoms with Gasteiger partial charge in [-0.25, -0.2) is 0 Å². The average Bonchev–Trinajstić information content (AvgIpc) is 3.24. The summed E-state index contributed by atoms with van der Waals surface area (Å²) < 4.78 is 7.70. The molecule has 0 N–H and O–H groups in total. The highest BCUT2D eigenvalue weighted by atomic mass is 16.5. The molecular formula is C16H24N6O. The maximum atomic E-state index is 5.36. The second-order valence-electron chi connectivity index (χ2n) is 6.98. The Morgan fingerprint density at radius 3 is 2.74 bits per heavy atom. The van der Waals surface area contributed by atoms with Crippen LogP contribution < -0.4 is 0 Å². The molecule has 4 heterocycles. The van der Waals surface area contributed by atoms with Crippen LogP contribution in [0.15, 0.2) is 4.52 Å². The summed E-state index contributed by atoms with van der Waals surface area (Å²) in [7, 11) is 0. The topological polar surface area (TPSA) is 72.9 Å². The van der Waals surface area contributed by atoms with Crippen LogP contribution in [0.25, 0.3) is 0 Å². The van der Waals surface area contributed by atoms with E-state index >= 15 is 0 Å². The molecule has 2 aliphatic heterocycles. The lowest BCUT2D eigenvalue weighted by atomic mass is 9.96. The summed E-state index contributed by atoms with van der Waals surface area (Å²) in [6.45, 7) is 8.11. The van der Waals surface area contributed by atoms with E-state index in [2.05, 4.69) is 43.7 Å². The normalized spacial score (nSPS) is 19.6. The summed E-state index contributed by atoms with van der Waals surface area (Å²) in [5.41, 5.74) is 0. The minimum absolute atomic E-state index is 0.313. The number of fused-ring (bicyclic) bond motifs is 1. The highest BCUT2D eigenvalue weighted by Crippen LogP contribution is 2.29. The fourth-order valence-corrected chi connectivity index (χ4v) is 3.58. The van der Waals surface area contributed by atoms with Crippen LogP contribution in [0.5, 0.6) is 0 Å². The van der Waals surface area contributed by atoms with Gasteiger partial charge in [0, 0.05) is 24.8 Å². The van der Waals surface area contributed by atoms with Crippen molar-refractivity contribution in [2.24, 2.45) is 0 Å². The van der Waals surface area contributed by atoms with E-state index in [1.165, 1.54) is 18.1 Å². The third kappa shape index (κ3) is 2.89. The molecule has 2 aliphatic rings. The third-order valence-corrected chi connectivity index (χ3v) is 4.95. The molecule has 1 fully saturated rings. The largest absolute Gasteiger partial charge is 0.338 e. The summed E-state index contributed by atoms with van der Waals surface area (Å²) in [5, 5.41) is 12.8. The number of hydrogen-bond acceptors (Lipinski definition) is 6. The molecule has 1 saturated heterocycles. The van der Waals surface area contributed by atoms with E-state index in [1.807, 2.05) is 0 Å². The lowest BCUT2D eigenvalue weighted by Gasteiger charge is -2.30. The Bertz CT molecular complexity index is 668. The molecular weight excluding hydrogens is 292 g/mol. The van der Waals surface area contributed by atoms with Gasteiger partial charge in [-0.1, -0.05) is 19.0 Å². The molecule has 0 radical (unpaired) electrons. The van der Waals surface area contributed by atoms with Crippen LogP contribution in [0.2, 0.25) is 0 Å². The fourth-order valence-electron chi connectivity index (χ4n) is 3.58. The Labute approximate surface area is 136 Å². The number of aryl methyl sites for hydroxylation is 1. The second-order valence-corrected chi connectivity index (χ2v) is 6.98. The van der Waals surface area contributed by atoms with Crippen molar-refractivity contribution >= 4 is 0 Å². The van der Waals surface area contributed by atoms with Crippen LogP contribution in [0.3, 0.4) is 0 Å². The number of rotatable bonds is 4. The fraction of sp³-hybridized carbons (Fsp3) is 0.750. The summed E-state index contributed by atoms with van der Waals surface area (Å²) in [5.74, 6) is 4.77. The number of likely N-dealkylation sites (tertiary alicyclic amines) is 1. The molecule has 0 spiro atoms. The summed E-state index contributed by atoms with van der Waals surface area (Å²) in [4.78, 5) is 6.87. The molecule has 0 bridgehead atoms.